The normalized spacial score (nSPS) is 15.8. The maximum absolute atomic E-state index is 13.3. The zero-order chi connectivity index (χ0) is 22.1. The Morgan fingerprint density at radius 2 is 1.72 bits per heavy atom. The third-order valence-corrected chi connectivity index (χ3v) is 5.80. The first kappa shape index (κ1) is 19.8. The molecule has 32 heavy (non-hydrogen) atoms. The number of rotatable bonds is 3. The van der Waals surface area contributed by atoms with Crippen LogP contribution in [0.2, 0.25) is 0 Å². The van der Waals surface area contributed by atoms with E-state index in [0.717, 1.165) is 16.9 Å². The highest BCUT2D eigenvalue weighted by Gasteiger charge is 2.24. The van der Waals surface area contributed by atoms with E-state index in [-0.39, 0.29) is 22.9 Å². The van der Waals surface area contributed by atoms with E-state index in [1.165, 1.54) is 0 Å². The molecule has 1 aromatic heterocycles. The molecule has 1 aliphatic heterocycles. The van der Waals surface area contributed by atoms with Crippen LogP contribution in [0.4, 0.5) is 11.4 Å². The number of aromatic hydroxyl groups is 1. The molecule has 5 nitrogen and oxygen atoms in total. The lowest BCUT2D eigenvalue weighted by atomic mass is 10.00. The van der Waals surface area contributed by atoms with Crippen molar-refractivity contribution in [2.45, 2.75) is 12.5 Å². The number of aryl methyl sites for hydroxylation is 1. The van der Waals surface area contributed by atoms with Crippen LogP contribution in [0.25, 0.3) is 17.0 Å². The number of fused-ring (bicyclic) bond motifs is 2. The molecule has 0 bridgehead atoms. The van der Waals surface area contributed by atoms with Crippen molar-refractivity contribution in [1.82, 2.24) is 4.57 Å². The Kier molecular flexibility index (Phi) is 5.07. The second-order valence-electron chi connectivity index (χ2n) is 7.91. The zero-order valence-electron chi connectivity index (χ0n) is 17.7. The van der Waals surface area contributed by atoms with E-state index >= 15 is 0 Å². The summed E-state index contributed by atoms with van der Waals surface area (Å²) >= 11 is 0. The summed E-state index contributed by atoms with van der Waals surface area (Å²) in [6.07, 6.45) is 4.59. The number of aromatic nitrogens is 1. The van der Waals surface area contributed by atoms with E-state index < -0.39 is 0 Å². The molecule has 0 fully saturated rings. The van der Waals surface area contributed by atoms with E-state index in [9.17, 15) is 9.90 Å². The molecule has 2 N–H and O–H groups in total. The highest BCUT2D eigenvalue weighted by molar-refractivity contribution is 6.09. The van der Waals surface area contributed by atoms with Crippen molar-refractivity contribution in [2.75, 3.05) is 5.32 Å². The lowest BCUT2D eigenvalue weighted by Crippen LogP contribution is -2.28. The Morgan fingerprint density at radius 3 is 2.56 bits per heavy atom. The Morgan fingerprint density at radius 1 is 1.00 bits per heavy atom. The van der Waals surface area contributed by atoms with Crippen molar-refractivity contribution in [3.8, 4) is 5.75 Å². The van der Waals surface area contributed by atoms with Crippen LogP contribution in [0.1, 0.15) is 17.5 Å². The van der Waals surface area contributed by atoms with E-state index in [1.54, 1.807) is 11.6 Å². The highest BCUT2D eigenvalue weighted by Crippen LogP contribution is 2.33. The van der Waals surface area contributed by atoms with Gasteiger partial charge >= 0.3 is 0 Å². The minimum absolute atomic E-state index is 0.0207. The van der Waals surface area contributed by atoms with Crippen molar-refractivity contribution in [3.63, 3.8) is 0 Å². The molecule has 4 aromatic rings. The quantitative estimate of drug-likeness (QED) is 0.474. The predicted molar refractivity (Wildman–Crippen MR) is 131 cm³/mol. The van der Waals surface area contributed by atoms with Crippen molar-refractivity contribution < 1.29 is 5.11 Å². The second kappa shape index (κ2) is 8.19. The molecule has 5 heteroatoms. The van der Waals surface area contributed by atoms with Crippen LogP contribution < -0.4 is 10.9 Å². The maximum Gasteiger partial charge on any atom is 0.263 e. The number of hydrogen-bond acceptors (Lipinski definition) is 4. The standard InChI is InChI=1S/C27H23N3O2/c1-30-24-14-8-5-11-20(24)26(31)25(27(30)32)23-17-19(16-15-18-9-3-2-4-10-18)28-21-12-6-7-13-22(21)29-23/h2-16,19,28,31H,17H2,1H3. The molecule has 1 aliphatic rings. The molecule has 1 unspecified atom stereocenters. The molecule has 3 aromatic carbocycles. The third-order valence-electron chi connectivity index (χ3n) is 5.80. The number of anilines is 1. The van der Waals surface area contributed by atoms with Crippen molar-refractivity contribution >= 4 is 34.1 Å². The number of para-hydroxylation sites is 3. The number of nitrogens with zero attached hydrogens (tertiary/aromatic N) is 2. The highest BCUT2D eigenvalue weighted by atomic mass is 16.3. The summed E-state index contributed by atoms with van der Waals surface area (Å²) in [7, 11) is 1.73. The Labute approximate surface area is 186 Å². The van der Waals surface area contributed by atoms with Gasteiger partial charge in [-0.15, -0.1) is 0 Å². The van der Waals surface area contributed by atoms with E-state index in [0.29, 0.717) is 23.0 Å². The largest absolute Gasteiger partial charge is 0.506 e. The number of benzene rings is 3. The van der Waals surface area contributed by atoms with Gasteiger partial charge in [0.2, 0.25) is 0 Å². The van der Waals surface area contributed by atoms with Gasteiger partial charge in [-0.3, -0.25) is 9.79 Å². The molecule has 0 spiro atoms. The lowest BCUT2D eigenvalue weighted by Gasteiger charge is -2.16. The van der Waals surface area contributed by atoms with Crippen molar-refractivity contribution in [2.24, 2.45) is 12.0 Å². The molecule has 158 valence electrons. The smallest absolute Gasteiger partial charge is 0.263 e. The van der Waals surface area contributed by atoms with Crippen LogP contribution >= 0.6 is 0 Å². The molecule has 0 aliphatic carbocycles. The van der Waals surface area contributed by atoms with Gasteiger partial charge < -0.3 is 15.0 Å². The van der Waals surface area contributed by atoms with Crippen LogP contribution in [-0.4, -0.2) is 21.4 Å². The first-order valence-electron chi connectivity index (χ1n) is 10.6. The number of nitrogens with one attached hydrogen (secondary N) is 1. The van der Waals surface area contributed by atoms with Gasteiger partial charge in [-0.25, -0.2) is 0 Å². The van der Waals surface area contributed by atoms with Gasteiger partial charge in [0.05, 0.1) is 28.6 Å². The molecule has 1 atom stereocenters. The van der Waals surface area contributed by atoms with Gasteiger partial charge in [0.25, 0.3) is 5.56 Å². The van der Waals surface area contributed by atoms with Gasteiger partial charge in [-0.05, 0) is 29.8 Å². The summed E-state index contributed by atoms with van der Waals surface area (Å²) in [5.74, 6) is -0.0207. The van der Waals surface area contributed by atoms with Gasteiger partial charge in [-0.2, -0.15) is 0 Å². The predicted octanol–water partition coefficient (Wildman–Crippen LogP) is 5.26. The molecule has 2 heterocycles. The van der Waals surface area contributed by atoms with E-state index in [4.69, 9.17) is 4.99 Å². The van der Waals surface area contributed by atoms with Crippen molar-refractivity contribution in [1.29, 1.82) is 0 Å². The molecule has 0 radical (unpaired) electrons. The van der Waals surface area contributed by atoms with E-state index in [1.807, 2.05) is 78.9 Å². The van der Waals surface area contributed by atoms with Crippen LogP contribution in [-0.2, 0) is 7.05 Å². The van der Waals surface area contributed by atoms with Gasteiger partial charge in [0.15, 0.2) is 0 Å². The number of hydrogen-bond donors (Lipinski definition) is 2. The fourth-order valence-electron chi connectivity index (χ4n) is 4.15. The van der Waals surface area contributed by atoms with Crippen LogP contribution in [0, 0.1) is 0 Å². The van der Waals surface area contributed by atoms with Crippen LogP contribution in [0.15, 0.2) is 94.7 Å². The molecule has 5 rings (SSSR count). The molecular formula is C27H23N3O2. The number of pyridine rings is 1. The van der Waals surface area contributed by atoms with Crippen LogP contribution in [0.3, 0.4) is 0 Å². The SMILES string of the molecule is Cn1c(=O)c(C2=Nc3ccccc3NC(C=Cc3ccccc3)C2)c(O)c2ccccc21. The molecule has 0 saturated carbocycles. The first-order valence-corrected chi connectivity index (χ1v) is 10.6. The van der Waals surface area contributed by atoms with Gasteiger partial charge in [-0.1, -0.05) is 66.7 Å². The van der Waals surface area contributed by atoms with E-state index in [2.05, 4.69) is 17.5 Å². The maximum atomic E-state index is 13.3. The summed E-state index contributed by atoms with van der Waals surface area (Å²) in [4.78, 5) is 18.1. The topological polar surface area (TPSA) is 66.6 Å². The fraction of sp³-hybridized carbons (Fsp3) is 0.111. The first-order chi connectivity index (χ1) is 15.6. The average molecular weight is 422 g/mol. The van der Waals surface area contributed by atoms with Crippen LogP contribution in [0.5, 0.6) is 5.75 Å². The summed E-state index contributed by atoms with van der Waals surface area (Å²) in [6, 6.07) is 25.1. The Balaban J connectivity index is 1.65. The minimum atomic E-state index is -0.259. The summed E-state index contributed by atoms with van der Waals surface area (Å²) in [5.41, 5.74) is 3.97. The second-order valence-corrected chi connectivity index (χ2v) is 7.91. The molecular weight excluding hydrogens is 398 g/mol. The van der Waals surface area contributed by atoms with Gasteiger partial charge in [0, 0.05) is 18.9 Å². The van der Waals surface area contributed by atoms with Gasteiger partial charge in [0.1, 0.15) is 11.3 Å². The summed E-state index contributed by atoms with van der Waals surface area (Å²) in [5, 5.41) is 15.3. The minimum Gasteiger partial charge on any atom is -0.506 e. The monoisotopic (exact) mass is 421 g/mol. The molecule has 0 amide bonds. The number of aliphatic imine (C=N–C) groups is 1. The summed E-state index contributed by atoms with van der Waals surface area (Å²) < 4.78 is 1.58. The molecule has 0 saturated heterocycles. The fourth-order valence-corrected chi connectivity index (χ4v) is 4.15. The average Bonchev–Trinajstić information content (AvgIpc) is 3.01. The van der Waals surface area contributed by atoms with Crippen molar-refractivity contribution in [3.05, 3.63) is 106 Å². The zero-order valence-corrected chi connectivity index (χ0v) is 17.7. The Hall–Kier alpha value is -4.12. The Bertz CT molecular complexity index is 1420. The summed E-state index contributed by atoms with van der Waals surface area (Å²) in [6.45, 7) is 0. The third kappa shape index (κ3) is 3.58. The lowest BCUT2D eigenvalue weighted by molar-refractivity contribution is 0.478.